The second-order valence-corrected chi connectivity index (χ2v) is 5.97. The molecule has 0 unspecified atom stereocenters. The van der Waals surface area contributed by atoms with Crippen molar-refractivity contribution < 1.29 is 4.79 Å². The van der Waals surface area contributed by atoms with Crippen molar-refractivity contribution in [1.82, 2.24) is 5.32 Å². The summed E-state index contributed by atoms with van der Waals surface area (Å²) in [6, 6.07) is 11.7. The van der Waals surface area contributed by atoms with E-state index in [2.05, 4.69) is 12.2 Å². The Kier molecular flexibility index (Phi) is 4.61. The van der Waals surface area contributed by atoms with Gasteiger partial charge in [0.15, 0.2) is 0 Å². The third-order valence-corrected chi connectivity index (χ3v) is 4.33. The largest absolute Gasteiger partial charge is 0.349 e. The Morgan fingerprint density at radius 2 is 1.95 bits per heavy atom. The Morgan fingerprint density at radius 1 is 1.26 bits per heavy atom. The van der Waals surface area contributed by atoms with Crippen molar-refractivity contribution >= 4 is 28.8 Å². The van der Waals surface area contributed by atoms with Gasteiger partial charge in [-0.2, -0.15) is 0 Å². The van der Waals surface area contributed by atoms with Gasteiger partial charge < -0.3 is 5.32 Å². The predicted molar refractivity (Wildman–Crippen MR) is 82.0 cm³/mol. The van der Waals surface area contributed by atoms with Crippen molar-refractivity contribution in [2.45, 2.75) is 26.3 Å². The van der Waals surface area contributed by atoms with Gasteiger partial charge in [-0.25, -0.2) is 0 Å². The minimum Gasteiger partial charge on any atom is -0.349 e. The first-order valence-electron chi connectivity index (χ1n) is 6.26. The zero-order valence-electron chi connectivity index (χ0n) is 10.9. The molecule has 0 bridgehead atoms. The van der Waals surface area contributed by atoms with Crippen LogP contribution >= 0.6 is 22.9 Å². The summed E-state index contributed by atoms with van der Waals surface area (Å²) in [7, 11) is 0. The lowest BCUT2D eigenvalue weighted by Gasteiger charge is -2.09. The Bertz CT molecular complexity index is 562. The lowest BCUT2D eigenvalue weighted by atomic mass is 10.2. The molecule has 19 heavy (non-hydrogen) atoms. The van der Waals surface area contributed by atoms with E-state index in [4.69, 9.17) is 11.6 Å². The van der Waals surface area contributed by atoms with E-state index in [1.54, 1.807) is 0 Å². The highest BCUT2D eigenvalue weighted by atomic mass is 35.5. The Labute approximate surface area is 122 Å². The van der Waals surface area contributed by atoms with Crippen LogP contribution in [0.5, 0.6) is 0 Å². The average Bonchev–Trinajstić information content (AvgIpc) is 2.89. The van der Waals surface area contributed by atoms with Gasteiger partial charge >= 0.3 is 0 Å². The quantitative estimate of drug-likeness (QED) is 0.877. The maximum Gasteiger partial charge on any atom is 0.261 e. The highest BCUT2D eigenvalue weighted by Gasteiger charge is 2.11. The van der Waals surface area contributed by atoms with Gasteiger partial charge in [0.1, 0.15) is 0 Å². The number of hydrogen-bond donors (Lipinski definition) is 1. The maximum absolute atomic E-state index is 12.0. The molecule has 1 aromatic heterocycles. The van der Waals surface area contributed by atoms with Gasteiger partial charge in [-0.15, -0.1) is 11.3 Å². The third kappa shape index (κ3) is 3.58. The van der Waals surface area contributed by atoms with Gasteiger partial charge in [0.05, 0.1) is 4.88 Å². The van der Waals surface area contributed by atoms with E-state index in [9.17, 15) is 4.79 Å². The summed E-state index contributed by atoms with van der Waals surface area (Å²) in [5, 5.41) is 3.69. The lowest BCUT2D eigenvalue weighted by molar-refractivity contribution is 0.0943. The molecule has 0 saturated heterocycles. The molecule has 1 heterocycles. The first-order chi connectivity index (χ1) is 9.10. The number of carbonyl (C=O) groups excluding carboxylic acids is 1. The number of nitrogens with one attached hydrogen (secondary N) is 1. The van der Waals surface area contributed by atoms with Crippen LogP contribution in [0.1, 0.15) is 29.9 Å². The Morgan fingerprint density at radius 3 is 2.58 bits per heavy atom. The van der Waals surface area contributed by atoms with Crippen LogP contribution in [0.2, 0.25) is 5.02 Å². The van der Waals surface area contributed by atoms with Crippen LogP contribution in [0.25, 0.3) is 10.4 Å². The third-order valence-electron chi connectivity index (χ3n) is 2.95. The summed E-state index contributed by atoms with van der Waals surface area (Å²) in [4.78, 5) is 13.8. The van der Waals surface area contributed by atoms with Gasteiger partial charge in [0.2, 0.25) is 0 Å². The second kappa shape index (κ2) is 6.22. The summed E-state index contributed by atoms with van der Waals surface area (Å²) in [6.45, 7) is 4.06. The number of rotatable bonds is 4. The van der Waals surface area contributed by atoms with E-state index < -0.39 is 0 Å². The molecule has 0 saturated carbocycles. The SMILES string of the molecule is CC[C@H](C)NC(=O)c1ccc(-c2ccc(Cl)cc2)s1. The molecule has 2 nitrogen and oxygen atoms in total. The molecule has 1 atom stereocenters. The van der Waals surface area contributed by atoms with Crippen molar-refractivity contribution in [3.8, 4) is 10.4 Å². The van der Waals surface area contributed by atoms with Crippen LogP contribution in [-0.4, -0.2) is 11.9 Å². The fourth-order valence-electron chi connectivity index (χ4n) is 1.63. The normalized spacial score (nSPS) is 12.2. The van der Waals surface area contributed by atoms with Gasteiger partial charge in [-0.05, 0) is 43.2 Å². The Hall–Kier alpha value is -1.32. The van der Waals surface area contributed by atoms with Crippen LogP contribution in [0, 0.1) is 0 Å². The van der Waals surface area contributed by atoms with Crippen LogP contribution < -0.4 is 5.32 Å². The monoisotopic (exact) mass is 293 g/mol. The smallest absolute Gasteiger partial charge is 0.261 e. The van der Waals surface area contributed by atoms with Crippen LogP contribution in [0.15, 0.2) is 36.4 Å². The highest BCUT2D eigenvalue weighted by Crippen LogP contribution is 2.29. The number of halogens is 1. The molecule has 0 fully saturated rings. The molecule has 4 heteroatoms. The van der Waals surface area contributed by atoms with E-state index in [-0.39, 0.29) is 11.9 Å². The second-order valence-electron chi connectivity index (χ2n) is 4.45. The van der Waals surface area contributed by atoms with Crippen molar-refractivity contribution in [2.75, 3.05) is 0 Å². The van der Waals surface area contributed by atoms with Crippen molar-refractivity contribution in [2.24, 2.45) is 0 Å². The van der Waals surface area contributed by atoms with E-state index in [0.717, 1.165) is 26.8 Å². The fourth-order valence-corrected chi connectivity index (χ4v) is 2.67. The molecule has 2 rings (SSSR count). The molecule has 1 amide bonds. The highest BCUT2D eigenvalue weighted by molar-refractivity contribution is 7.17. The minimum absolute atomic E-state index is 0.000404. The number of thiophene rings is 1. The van der Waals surface area contributed by atoms with Crippen molar-refractivity contribution in [1.29, 1.82) is 0 Å². The van der Waals surface area contributed by atoms with Crippen LogP contribution in [-0.2, 0) is 0 Å². The number of benzene rings is 1. The molecule has 2 aromatic rings. The van der Waals surface area contributed by atoms with Crippen molar-refractivity contribution in [3.05, 3.63) is 46.3 Å². The van der Waals surface area contributed by atoms with Gasteiger partial charge in [0.25, 0.3) is 5.91 Å². The summed E-state index contributed by atoms with van der Waals surface area (Å²) < 4.78 is 0. The van der Waals surface area contributed by atoms with E-state index in [1.165, 1.54) is 11.3 Å². The molecule has 100 valence electrons. The zero-order valence-corrected chi connectivity index (χ0v) is 12.5. The molecule has 0 radical (unpaired) electrons. The topological polar surface area (TPSA) is 29.1 Å². The van der Waals surface area contributed by atoms with Crippen LogP contribution in [0.3, 0.4) is 0 Å². The van der Waals surface area contributed by atoms with E-state index >= 15 is 0 Å². The van der Waals surface area contributed by atoms with Gasteiger partial charge in [0, 0.05) is 15.9 Å². The zero-order chi connectivity index (χ0) is 13.8. The number of amides is 1. The maximum atomic E-state index is 12.0. The lowest BCUT2D eigenvalue weighted by Crippen LogP contribution is -2.31. The van der Waals surface area contributed by atoms with Crippen LogP contribution in [0.4, 0.5) is 0 Å². The summed E-state index contributed by atoms with van der Waals surface area (Å²) in [5.41, 5.74) is 1.08. The molecule has 1 aromatic carbocycles. The molecule has 0 aliphatic rings. The standard InChI is InChI=1S/C15H16ClNOS/c1-3-10(2)17-15(18)14-9-8-13(19-14)11-4-6-12(16)7-5-11/h4-10H,3H2,1-2H3,(H,17,18)/t10-/m0/s1. The molecular formula is C15H16ClNOS. The summed E-state index contributed by atoms with van der Waals surface area (Å²) >= 11 is 7.36. The van der Waals surface area contributed by atoms with Gasteiger partial charge in [-0.3, -0.25) is 4.79 Å². The van der Waals surface area contributed by atoms with E-state index in [0.29, 0.717) is 0 Å². The minimum atomic E-state index is -0.000404. The molecule has 0 aliphatic carbocycles. The summed E-state index contributed by atoms with van der Waals surface area (Å²) in [5.74, 6) is -0.000404. The molecule has 0 spiro atoms. The first-order valence-corrected chi connectivity index (χ1v) is 7.46. The van der Waals surface area contributed by atoms with Crippen molar-refractivity contribution in [3.63, 3.8) is 0 Å². The average molecular weight is 294 g/mol. The number of carbonyl (C=O) groups is 1. The Balaban J connectivity index is 2.15. The fraction of sp³-hybridized carbons (Fsp3) is 0.267. The summed E-state index contributed by atoms with van der Waals surface area (Å²) in [6.07, 6.45) is 0.932. The molecular weight excluding hydrogens is 278 g/mol. The molecule has 0 aliphatic heterocycles. The molecule has 1 N–H and O–H groups in total. The van der Waals surface area contributed by atoms with Gasteiger partial charge in [-0.1, -0.05) is 30.7 Å². The van der Waals surface area contributed by atoms with E-state index in [1.807, 2.05) is 43.3 Å². The first kappa shape index (κ1) is 14.1. The predicted octanol–water partition coefficient (Wildman–Crippen LogP) is 4.60. The number of hydrogen-bond acceptors (Lipinski definition) is 2.